The Balaban J connectivity index is 1.58. The number of nitrogens with one attached hydrogen (secondary N) is 2. The lowest BCUT2D eigenvalue weighted by Gasteiger charge is -2.46. The number of carbonyl (C=O) groups excluding carboxylic acids is 1. The third-order valence-electron chi connectivity index (χ3n) is 3.82. The molecule has 0 atom stereocenters. The number of hydrogen-bond acceptors (Lipinski definition) is 4. The summed E-state index contributed by atoms with van der Waals surface area (Å²) in [6.45, 7) is 5.67. The first kappa shape index (κ1) is 12.4. The standard InChI is InChI=1S/C13H18N4O2/c18-12-3-1-2-11(15-12)13(19)17-8-10(9-17)16-6-4-14-5-7-16/h1-3,10,14H,4-9H2,(H,15,18). The summed E-state index contributed by atoms with van der Waals surface area (Å²) in [4.78, 5) is 30.1. The predicted molar refractivity (Wildman–Crippen MR) is 71.2 cm³/mol. The van der Waals surface area contributed by atoms with Crippen molar-refractivity contribution in [1.29, 1.82) is 0 Å². The lowest BCUT2D eigenvalue weighted by molar-refractivity contribution is 0.0222. The molecule has 0 bridgehead atoms. The molecule has 1 amide bonds. The maximum atomic E-state index is 12.1. The van der Waals surface area contributed by atoms with Crippen molar-refractivity contribution in [3.63, 3.8) is 0 Å². The van der Waals surface area contributed by atoms with E-state index >= 15 is 0 Å². The van der Waals surface area contributed by atoms with Crippen LogP contribution >= 0.6 is 0 Å². The van der Waals surface area contributed by atoms with Gasteiger partial charge in [0.2, 0.25) is 5.56 Å². The van der Waals surface area contributed by atoms with Crippen LogP contribution in [-0.2, 0) is 0 Å². The van der Waals surface area contributed by atoms with Crippen LogP contribution in [0.15, 0.2) is 23.0 Å². The van der Waals surface area contributed by atoms with E-state index in [1.807, 2.05) is 0 Å². The molecule has 3 rings (SSSR count). The van der Waals surface area contributed by atoms with Crippen LogP contribution < -0.4 is 10.9 Å². The van der Waals surface area contributed by atoms with Crippen molar-refractivity contribution < 1.29 is 4.79 Å². The second kappa shape index (κ2) is 5.14. The van der Waals surface area contributed by atoms with E-state index in [-0.39, 0.29) is 11.5 Å². The number of H-pyrrole nitrogens is 1. The van der Waals surface area contributed by atoms with Gasteiger partial charge < -0.3 is 15.2 Å². The molecule has 0 saturated carbocycles. The molecule has 0 aliphatic carbocycles. The van der Waals surface area contributed by atoms with Gasteiger partial charge in [-0.25, -0.2) is 0 Å². The number of piperazine rings is 1. The highest BCUT2D eigenvalue weighted by molar-refractivity contribution is 5.92. The predicted octanol–water partition coefficient (Wildman–Crippen LogP) is -0.895. The highest BCUT2D eigenvalue weighted by atomic mass is 16.2. The van der Waals surface area contributed by atoms with Gasteiger partial charge in [0.15, 0.2) is 0 Å². The van der Waals surface area contributed by atoms with Crippen molar-refractivity contribution in [3.8, 4) is 0 Å². The first-order valence-electron chi connectivity index (χ1n) is 6.67. The second-order valence-electron chi connectivity index (χ2n) is 5.08. The zero-order valence-electron chi connectivity index (χ0n) is 10.8. The third kappa shape index (κ3) is 2.54. The molecule has 0 unspecified atom stereocenters. The van der Waals surface area contributed by atoms with Crippen LogP contribution in [0.4, 0.5) is 0 Å². The summed E-state index contributed by atoms with van der Waals surface area (Å²) >= 11 is 0. The molecule has 6 heteroatoms. The maximum Gasteiger partial charge on any atom is 0.270 e. The number of aromatic nitrogens is 1. The Kier molecular flexibility index (Phi) is 3.35. The fourth-order valence-electron chi connectivity index (χ4n) is 2.64. The molecule has 2 N–H and O–H groups in total. The quantitative estimate of drug-likeness (QED) is 0.725. The van der Waals surface area contributed by atoms with E-state index in [1.54, 1.807) is 17.0 Å². The molecule has 2 aliphatic heterocycles. The second-order valence-corrected chi connectivity index (χ2v) is 5.08. The Morgan fingerprint density at radius 3 is 2.63 bits per heavy atom. The van der Waals surface area contributed by atoms with Gasteiger partial charge in [-0.15, -0.1) is 0 Å². The summed E-state index contributed by atoms with van der Waals surface area (Å²) in [5.74, 6) is -0.0796. The topological polar surface area (TPSA) is 68.4 Å². The fraction of sp³-hybridized carbons (Fsp3) is 0.538. The van der Waals surface area contributed by atoms with Crippen LogP contribution in [-0.4, -0.2) is 66.0 Å². The summed E-state index contributed by atoms with van der Waals surface area (Å²) in [5, 5.41) is 3.32. The third-order valence-corrected chi connectivity index (χ3v) is 3.82. The Labute approximate surface area is 111 Å². The Hall–Kier alpha value is -1.66. The molecule has 3 heterocycles. The average Bonchev–Trinajstić information content (AvgIpc) is 2.38. The van der Waals surface area contributed by atoms with Crippen LogP contribution in [0.2, 0.25) is 0 Å². The van der Waals surface area contributed by atoms with Gasteiger partial charge in [-0.3, -0.25) is 14.5 Å². The van der Waals surface area contributed by atoms with E-state index in [4.69, 9.17) is 0 Å². The van der Waals surface area contributed by atoms with E-state index < -0.39 is 0 Å². The zero-order valence-corrected chi connectivity index (χ0v) is 10.8. The number of likely N-dealkylation sites (tertiary alicyclic amines) is 1. The van der Waals surface area contributed by atoms with Gasteiger partial charge in [0.05, 0.1) is 0 Å². The molecule has 1 aromatic heterocycles. The molecule has 2 fully saturated rings. The summed E-state index contributed by atoms with van der Waals surface area (Å²) in [7, 11) is 0. The molecule has 0 spiro atoms. The summed E-state index contributed by atoms with van der Waals surface area (Å²) in [6, 6.07) is 5.15. The number of pyridine rings is 1. The lowest BCUT2D eigenvalue weighted by Crippen LogP contribution is -2.64. The molecule has 0 aromatic carbocycles. The van der Waals surface area contributed by atoms with E-state index in [1.165, 1.54) is 6.07 Å². The Bertz CT molecular complexity index is 515. The van der Waals surface area contributed by atoms with E-state index in [9.17, 15) is 9.59 Å². The normalized spacial score (nSPS) is 21.2. The van der Waals surface area contributed by atoms with Crippen molar-refractivity contribution >= 4 is 5.91 Å². The van der Waals surface area contributed by atoms with Crippen molar-refractivity contribution in [2.24, 2.45) is 0 Å². The van der Waals surface area contributed by atoms with E-state index in [0.717, 1.165) is 39.3 Å². The van der Waals surface area contributed by atoms with Gasteiger partial charge >= 0.3 is 0 Å². The van der Waals surface area contributed by atoms with Crippen molar-refractivity contribution in [2.75, 3.05) is 39.3 Å². The van der Waals surface area contributed by atoms with E-state index in [2.05, 4.69) is 15.2 Å². The lowest BCUT2D eigenvalue weighted by atomic mass is 10.1. The SMILES string of the molecule is O=C(c1cccc(=O)[nH]1)N1CC(N2CCNCC2)C1. The highest BCUT2D eigenvalue weighted by Crippen LogP contribution is 2.17. The summed E-state index contributed by atoms with van der Waals surface area (Å²) in [5.41, 5.74) is 0.149. The van der Waals surface area contributed by atoms with Gasteiger partial charge in [0.25, 0.3) is 5.91 Å². The first-order valence-corrected chi connectivity index (χ1v) is 6.67. The van der Waals surface area contributed by atoms with Crippen molar-refractivity contribution in [1.82, 2.24) is 20.1 Å². The number of carbonyl (C=O) groups is 1. The molecule has 2 saturated heterocycles. The highest BCUT2D eigenvalue weighted by Gasteiger charge is 2.35. The minimum atomic E-state index is -0.231. The van der Waals surface area contributed by atoms with Crippen molar-refractivity contribution in [3.05, 3.63) is 34.2 Å². The Morgan fingerprint density at radius 1 is 1.21 bits per heavy atom. The van der Waals surface area contributed by atoms with Gasteiger partial charge in [-0.1, -0.05) is 6.07 Å². The van der Waals surface area contributed by atoms with Crippen LogP contribution in [0.5, 0.6) is 0 Å². The monoisotopic (exact) mass is 262 g/mol. The molecule has 102 valence electrons. The molecule has 2 aliphatic rings. The van der Waals surface area contributed by atoms with E-state index in [0.29, 0.717) is 11.7 Å². The molecule has 6 nitrogen and oxygen atoms in total. The fourth-order valence-corrected chi connectivity index (χ4v) is 2.64. The molecule has 1 aromatic rings. The minimum absolute atomic E-state index is 0.0796. The van der Waals surface area contributed by atoms with Gasteiger partial charge in [0.1, 0.15) is 5.69 Å². The van der Waals surface area contributed by atoms with Crippen LogP contribution in [0.25, 0.3) is 0 Å². The van der Waals surface area contributed by atoms with Crippen molar-refractivity contribution in [2.45, 2.75) is 6.04 Å². The number of nitrogens with zero attached hydrogens (tertiary/aromatic N) is 2. The average molecular weight is 262 g/mol. The first-order chi connectivity index (χ1) is 9.24. The molecular formula is C13H18N4O2. The summed E-state index contributed by atoms with van der Waals surface area (Å²) < 4.78 is 0. The van der Waals surface area contributed by atoms with Gasteiger partial charge in [-0.05, 0) is 6.07 Å². The number of rotatable bonds is 2. The number of hydrogen-bond donors (Lipinski definition) is 2. The van der Waals surface area contributed by atoms with Gasteiger partial charge in [-0.2, -0.15) is 0 Å². The molecular weight excluding hydrogens is 244 g/mol. The van der Waals surface area contributed by atoms with Gasteiger partial charge in [0, 0.05) is 51.4 Å². The number of aromatic amines is 1. The zero-order chi connectivity index (χ0) is 13.2. The molecule has 19 heavy (non-hydrogen) atoms. The minimum Gasteiger partial charge on any atom is -0.334 e. The summed E-state index contributed by atoms with van der Waals surface area (Å²) in [6.07, 6.45) is 0. The van der Waals surface area contributed by atoms with Crippen LogP contribution in [0.1, 0.15) is 10.5 Å². The number of amides is 1. The smallest absolute Gasteiger partial charge is 0.270 e. The largest absolute Gasteiger partial charge is 0.334 e. The van der Waals surface area contributed by atoms with Crippen LogP contribution in [0, 0.1) is 0 Å². The Morgan fingerprint density at radius 2 is 1.95 bits per heavy atom. The maximum absolute atomic E-state index is 12.1. The molecule has 0 radical (unpaired) electrons. The van der Waals surface area contributed by atoms with Crippen LogP contribution in [0.3, 0.4) is 0 Å².